The number of rotatable bonds is 4. The molecule has 104 valence electrons. The number of hydrogen-bond donors (Lipinski definition) is 1. The van der Waals surface area contributed by atoms with Crippen LogP contribution in [0.25, 0.3) is 0 Å². The van der Waals surface area contributed by atoms with Crippen molar-refractivity contribution in [2.75, 3.05) is 11.9 Å². The summed E-state index contributed by atoms with van der Waals surface area (Å²) in [4.78, 5) is 26.3. The van der Waals surface area contributed by atoms with Crippen LogP contribution in [0.15, 0.2) is 47.8 Å². The van der Waals surface area contributed by atoms with Crippen LogP contribution in [-0.2, 0) is 4.79 Å². The third kappa shape index (κ3) is 3.24. The first kappa shape index (κ1) is 14.3. The van der Waals surface area contributed by atoms with E-state index in [0.29, 0.717) is 4.88 Å². The van der Waals surface area contributed by atoms with Crippen LogP contribution in [0.3, 0.4) is 0 Å². The molecule has 0 fully saturated rings. The lowest BCUT2D eigenvalue weighted by Gasteiger charge is -2.22. The number of carbonyl (C=O) groups is 2. The van der Waals surface area contributed by atoms with Gasteiger partial charge in [0.15, 0.2) is 0 Å². The average molecular weight is 288 g/mol. The second kappa shape index (κ2) is 6.34. The lowest BCUT2D eigenvalue weighted by molar-refractivity contribution is -0.119. The predicted molar refractivity (Wildman–Crippen MR) is 81.1 cm³/mol. The van der Waals surface area contributed by atoms with Crippen molar-refractivity contribution in [2.24, 2.45) is 0 Å². The highest BCUT2D eigenvalue weighted by molar-refractivity contribution is 7.12. The van der Waals surface area contributed by atoms with E-state index in [9.17, 15) is 9.59 Å². The van der Waals surface area contributed by atoms with Crippen molar-refractivity contribution in [1.29, 1.82) is 0 Å². The molecule has 1 aromatic heterocycles. The zero-order valence-corrected chi connectivity index (χ0v) is 12.2. The smallest absolute Gasteiger partial charge is 0.261 e. The van der Waals surface area contributed by atoms with Gasteiger partial charge in [0.2, 0.25) is 5.91 Å². The van der Waals surface area contributed by atoms with Gasteiger partial charge < -0.3 is 10.2 Å². The van der Waals surface area contributed by atoms with Gasteiger partial charge in [-0.05, 0) is 30.5 Å². The molecule has 2 rings (SSSR count). The minimum absolute atomic E-state index is 0.152. The first-order valence-corrected chi connectivity index (χ1v) is 7.14. The second-order valence-corrected chi connectivity index (χ2v) is 5.35. The molecule has 5 heteroatoms. The van der Waals surface area contributed by atoms with Gasteiger partial charge in [0, 0.05) is 12.7 Å². The lowest BCUT2D eigenvalue weighted by atomic mass is 10.2. The summed E-state index contributed by atoms with van der Waals surface area (Å²) in [6.45, 7) is 1.69. The van der Waals surface area contributed by atoms with Crippen molar-refractivity contribution in [3.63, 3.8) is 0 Å². The molecule has 2 amide bonds. The van der Waals surface area contributed by atoms with Crippen LogP contribution >= 0.6 is 11.3 Å². The van der Waals surface area contributed by atoms with E-state index < -0.39 is 6.04 Å². The fourth-order valence-electron chi connectivity index (χ4n) is 1.81. The van der Waals surface area contributed by atoms with Crippen LogP contribution in [0.5, 0.6) is 0 Å². The minimum Gasteiger partial charge on any atom is -0.340 e. The van der Waals surface area contributed by atoms with Gasteiger partial charge in [-0.3, -0.25) is 9.59 Å². The third-order valence-corrected chi connectivity index (χ3v) is 3.81. The van der Waals surface area contributed by atoms with Gasteiger partial charge >= 0.3 is 0 Å². The third-order valence-electron chi connectivity index (χ3n) is 2.94. The molecule has 2 aromatic rings. The van der Waals surface area contributed by atoms with Gasteiger partial charge in [0.25, 0.3) is 5.91 Å². The first-order valence-electron chi connectivity index (χ1n) is 6.26. The Morgan fingerprint density at radius 1 is 1.15 bits per heavy atom. The molecule has 0 aliphatic carbocycles. The maximum Gasteiger partial charge on any atom is 0.261 e. The molecule has 0 bridgehead atoms. The van der Waals surface area contributed by atoms with Gasteiger partial charge in [-0.15, -0.1) is 11.3 Å². The van der Waals surface area contributed by atoms with Crippen LogP contribution in [0, 0.1) is 0 Å². The number of amides is 2. The second-order valence-electron chi connectivity index (χ2n) is 4.41. The monoisotopic (exact) mass is 288 g/mol. The molecule has 0 saturated heterocycles. The van der Waals surface area contributed by atoms with Crippen LogP contribution < -0.4 is 10.2 Å². The summed E-state index contributed by atoms with van der Waals surface area (Å²) in [6, 6.07) is 12.3. The van der Waals surface area contributed by atoms with E-state index in [-0.39, 0.29) is 11.8 Å². The molecule has 0 aliphatic heterocycles. The van der Waals surface area contributed by atoms with E-state index in [1.54, 1.807) is 24.9 Å². The molecule has 0 radical (unpaired) electrons. The molecule has 1 aromatic carbocycles. The maximum absolute atomic E-state index is 12.3. The molecule has 1 atom stereocenters. The predicted octanol–water partition coefficient (Wildman–Crippen LogP) is 2.53. The van der Waals surface area contributed by atoms with E-state index in [1.807, 2.05) is 41.8 Å². The van der Waals surface area contributed by atoms with Gasteiger partial charge in [-0.25, -0.2) is 0 Å². The fourth-order valence-corrected chi connectivity index (χ4v) is 2.43. The molecule has 1 N–H and O–H groups in total. The summed E-state index contributed by atoms with van der Waals surface area (Å²) in [7, 11) is 1.70. The molecule has 4 nitrogen and oxygen atoms in total. The summed E-state index contributed by atoms with van der Waals surface area (Å²) in [5, 5.41) is 4.54. The van der Waals surface area contributed by atoms with Gasteiger partial charge in [-0.2, -0.15) is 0 Å². The highest BCUT2D eigenvalue weighted by atomic mass is 32.1. The van der Waals surface area contributed by atoms with Crippen molar-refractivity contribution in [1.82, 2.24) is 5.32 Å². The van der Waals surface area contributed by atoms with Gasteiger partial charge in [-0.1, -0.05) is 24.3 Å². The first-order chi connectivity index (χ1) is 9.59. The number of carbonyl (C=O) groups excluding carboxylic acids is 2. The van der Waals surface area contributed by atoms with E-state index in [4.69, 9.17) is 0 Å². The number of likely N-dealkylation sites (N-methyl/N-ethyl adjacent to an activating group) is 1. The van der Waals surface area contributed by atoms with Gasteiger partial charge in [0.05, 0.1) is 4.88 Å². The zero-order valence-electron chi connectivity index (χ0n) is 11.4. The fraction of sp³-hybridized carbons (Fsp3) is 0.200. The summed E-state index contributed by atoms with van der Waals surface area (Å²) in [5.41, 5.74) is 0.801. The molecule has 20 heavy (non-hydrogen) atoms. The van der Waals surface area contributed by atoms with Crippen LogP contribution in [0.1, 0.15) is 16.6 Å². The molecule has 0 saturated carbocycles. The number of nitrogens with one attached hydrogen (secondary N) is 1. The minimum atomic E-state index is -0.574. The Bertz CT molecular complexity index is 581. The largest absolute Gasteiger partial charge is 0.340 e. The molecular formula is C15H16N2O2S. The molecular weight excluding hydrogens is 272 g/mol. The summed E-state index contributed by atoms with van der Waals surface area (Å²) < 4.78 is 0. The summed E-state index contributed by atoms with van der Waals surface area (Å²) in [6.07, 6.45) is 0. The Labute approximate surface area is 122 Å². The Kier molecular flexibility index (Phi) is 4.53. The number of thiophene rings is 1. The van der Waals surface area contributed by atoms with Crippen molar-refractivity contribution in [2.45, 2.75) is 13.0 Å². The van der Waals surface area contributed by atoms with Crippen LogP contribution in [0.4, 0.5) is 5.69 Å². The summed E-state index contributed by atoms with van der Waals surface area (Å²) in [5.74, 6) is -0.372. The van der Waals surface area contributed by atoms with Crippen LogP contribution in [-0.4, -0.2) is 24.9 Å². The Morgan fingerprint density at radius 3 is 2.45 bits per heavy atom. The Morgan fingerprint density at radius 2 is 1.85 bits per heavy atom. The molecule has 1 heterocycles. The highest BCUT2D eigenvalue weighted by Crippen LogP contribution is 2.13. The van der Waals surface area contributed by atoms with Gasteiger partial charge in [0.1, 0.15) is 6.04 Å². The number of nitrogens with zero attached hydrogens (tertiary/aromatic N) is 1. The Hall–Kier alpha value is -2.14. The number of hydrogen-bond acceptors (Lipinski definition) is 3. The van der Waals surface area contributed by atoms with Crippen molar-refractivity contribution < 1.29 is 9.59 Å². The van der Waals surface area contributed by atoms with Crippen molar-refractivity contribution in [3.8, 4) is 0 Å². The van der Waals surface area contributed by atoms with Crippen molar-refractivity contribution in [3.05, 3.63) is 52.7 Å². The van der Waals surface area contributed by atoms with Crippen molar-refractivity contribution >= 4 is 28.8 Å². The normalized spacial score (nSPS) is 11.7. The van der Waals surface area contributed by atoms with E-state index in [0.717, 1.165) is 5.69 Å². The number of para-hydroxylation sites is 1. The van der Waals surface area contributed by atoms with E-state index >= 15 is 0 Å². The summed E-state index contributed by atoms with van der Waals surface area (Å²) >= 11 is 1.35. The average Bonchev–Trinajstić information content (AvgIpc) is 3.01. The SMILES string of the molecule is CC(NC(=O)c1cccs1)C(=O)N(C)c1ccccc1. The van der Waals surface area contributed by atoms with E-state index in [2.05, 4.69) is 5.32 Å². The number of benzene rings is 1. The zero-order chi connectivity index (χ0) is 14.5. The quantitative estimate of drug-likeness (QED) is 0.940. The topological polar surface area (TPSA) is 49.4 Å². The molecule has 0 spiro atoms. The lowest BCUT2D eigenvalue weighted by Crippen LogP contribution is -2.45. The van der Waals surface area contributed by atoms with E-state index in [1.165, 1.54) is 11.3 Å². The van der Waals surface area contributed by atoms with Crippen LogP contribution in [0.2, 0.25) is 0 Å². The number of anilines is 1. The Balaban J connectivity index is 2.00. The maximum atomic E-state index is 12.3. The molecule has 1 unspecified atom stereocenters. The standard InChI is InChI=1S/C15H16N2O2S/c1-11(16-14(18)13-9-6-10-20-13)15(19)17(2)12-7-4-3-5-8-12/h3-11H,1-2H3,(H,16,18). The molecule has 0 aliphatic rings. The highest BCUT2D eigenvalue weighted by Gasteiger charge is 2.21.